The Kier molecular flexibility index (Phi) is 6.36. The largest absolute Gasteiger partial charge is 0.387 e. The maximum absolute atomic E-state index is 12.8. The molecule has 0 radical (unpaired) electrons. The Balaban J connectivity index is 1.26. The number of rotatable bonds is 7. The van der Waals surface area contributed by atoms with Crippen molar-refractivity contribution in [1.29, 1.82) is 0 Å². The monoisotopic (exact) mass is 410 g/mol. The number of aryl methyl sites for hydroxylation is 2. The van der Waals surface area contributed by atoms with Gasteiger partial charge in [-0.05, 0) is 48.6 Å². The number of carbonyl (C=O) groups is 1. The van der Waals surface area contributed by atoms with Gasteiger partial charge in [0.05, 0.1) is 12.3 Å². The number of thiophene rings is 1. The van der Waals surface area contributed by atoms with Gasteiger partial charge in [0.1, 0.15) is 0 Å². The van der Waals surface area contributed by atoms with Crippen LogP contribution in [0.5, 0.6) is 0 Å². The Hall–Kier alpha value is -2.51. The van der Waals surface area contributed by atoms with Crippen LogP contribution >= 0.6 is 11.3 Å². The molecule has 1 aliphatic heterocycles. The van der Waals surface area contributed by atoms with E-state index in [1.807, 2.05) is 40.6 Å². The van der Waals surface area contributed by atoms with Gasteiger partial charge in [-0.3, -0.25) is 9.48 Å². The van der Waals surface area contributed by atoms with Gasteiger partial charge in [0, 0.05) is 24.5 Å². The molecule has 3 heterocycles. The molecule has 1 aromatic carbocycles. The molecule has 0 aliphatic carbocycles. The zero-order valence-electron chi connectivity index (χ0n) is 16.4. The van der Waals surface area contributed by atoms with Crippen molar-refractivity contribution in [2.45, 2.75) is 38.3 Å². The molecule has 1 fully saturated rings. The fourth-order valence-electron chi connectivity index (χ4n) is 3.87. The van der Waals surface area contributed by atoms with E-state index in [4.69, 9.17) is 0 Å². The number of carbonyl (C=O) groups excluding carboxylic acids is 1. The van der Waals surface area contributed by atoms with E-state index in [2.05, 4.69) is 22.4 Å². The van der Waals surface area contributed by atoms with Crippen molar-refractivity contribution >= 4 is 17.2 Å². The standard InChI is InChI=1S/C22H26N4O2S/c27-21(20-9-5-15-29-20)18-10-13-25(14-11-18)22(28)19-16-26(24-23-19)12-4-8-17-6-2-1-3-7-17/h1-3,5-7,9,15-16,18,21,27H,4,8,10-14H2. The highest BCUT2D eigenvalue weighted by atomic mass is 32.1. The van der Waals surface area contributed by atoms with Crippen molar-refractivity contribution in [1.82, 2.24) is 19.9 Å². The normalized spacial score (nSPS) is 16.1. The molecule has 152 valence electrons. The quantitative estimate of drug-likeness (QED) is 0.647. The number of aliphatic hydroxyl groups is 1. The summed E-state index contributed by atoms with van der Waals surface area (Å²) in [5.74, 6) is 0.134. The minimum absolute atomic E-state index is 0.0663. The van der Waals surface area contributed by atoms with Crippen LogP contribution in [0.25, 0.3) is 0 Å². The second-order valence-corrected chi connectivity index (χ2v) is 8.53. The number of aromatic nitrogens is 3. The molecule has 7 heteroatoms. The summed E-state index contributed by atoms with van der Waals surface area (Å²) in [5, 5.41) is 20.7. The minimum Gasteiger partial charge on any atom is -0.387 e. The van der Waals surface area contributed by atoms with Crippen LogP contribution in [0.4, 0.5) is 0 Å². The minimum atomic E-state index is -0.433. The van der Waals surface area contributed by atoms with Gasteiger partial charge in [0.2, 0.25) is 0 Å². The highest BCUT2D eigenvalue weighted by molar-refractivity contribution is 7.10. The maximum atomic E-state index is 12.8. The number of amides is 1. The fourth-order valence-corrected chi connectivity index (χ4v) is 4.67. The van der Waals surface area contributed by atoms with Gasteiger partial charge in [0.15, 0.2) is 5.69 Å². The van der Waals surface area contributed by atoms with Crippen molar-refractivity contribution in [3.63, 3.8) is 0 Å². The van der Waals surface area contributed by atoms with Gasteiger partial charge in [-0.1, -0.05) is 41.6 Å². The van der Waals surface area contributed by atoms with Crippen LogP contribution in [-0.4, -0.2) is 44.0 Å². The Morgan fingerprint density at radius 2 is 1.97 bits per heavy atom. The number of benzene rings is 1. The van der Waals surface area contributed by atoms with E-state index in [0.29, 0.717) is 18.8 Å². The van der Waals surface area contributed by atoms with E-state index < -0.39 is 6.10 Å². The lowest BCUT2D eigenvalue weighted by Crippen LogP contribution is -2.39. The van der Waals surface area contributed by atoms with Crippen molar-refractivity contribution in [2.75, 3.05) is 13.1 Å². The Morgan fingerprint density at radius 3 is 2.69 bits per heavy atom. The van der Waals surface area contributed by atoms with Gasteiger partial charge in [-0.25, -0.2) is 0 Å². The van der Waals surface area contributed by atoms with E-state index in [-0.39, 0.29) is 11.8 Å². The molecule has 29 heavy (non-hydrogen) atoms. The first kappa shape index (κ1) is 19.8. The first-order valence-electron chi connectivity index (χ1n) is 10.2. The number of aliphatic hydroxyl groups excluding tert-OH is 1. The molecule has 3 aromatic rings. The average Bonchev–Trinajstić information content (AvgIpc) is 3.46. The summed E-state index contributed by atoms with van der Waals surface area (Å²) in [7, 11) is 0. The summed E-state index contributed by atoms with van der Waals surface area (Å²) in [6, 6.07) is 14.3. The van der Waals surface area contributed by atoms with Gasteiger partial charge < -0.3 is 10.0 Å². The lowest BCUT2D eigenvalue weighted by atomic mass is 9.90. The lowest BCUT2D eigenvalue weighted by Gasteiger charge is -2.33. The molecule has 1 aliphatic rings. The molecule has 1 saturated heterocycles. The topological polar surface area (TPSA) is 71.2 Å². The SMILES string of the molecule is O=C(c1cn(CCCc2ccccc2)nn1)N1CCC(C(O)c2cccs2)CC1. The number of hydrogen-bond donors (Lipinski definition) is 1. The molecule has 4 rings (SSSR count). The average molecular weight is 411 g/mol. The predicted octanol–water partition coefficient (Wildman–Crippen LogP) is 3.56. The lowest BCUT2D eigenvalue weighted by molar-refractivity contribution is 0.0470. The Bertz CT molecular complexity index is 902. The Morgan fingerprint density at radius 1 is 1.17 bits per heavy atom. The summed E-state index contributed by atoms with van der Waals surface area (Å²) in [6.45, 7) is 2.03. The van der Waals surface area contributed by atoms with Gasteiger partial charge in [-0.2, -0.15) is 0 Å². The van der Waals surface area contributed by atoms with Gasteiger partial charge in [0.25, 0.3) is 5.91 Å². The van der Waals surface area contributed by atoms with Crippen molar-refractivity contribution < 1.29 is 9.90 Å². The van der Waals surface area contributed by atoms with E-state index in [0.717, 1.165) is 37.1 Å². The zero-order chi connectivity index (χ0) is 20.1. The molecule has 0 saturated carbocycles. The molecule has 2 aromatic heterocycles. The smallest absolute Gasteiger partial charge is 0.276 e. The molecule has 0 spiro atoms. The van der Waals surface area contributed by atoms with Gasteiger partial charge >= 0.3 is 0 Å². The third-order valence-electron chi connectivity index (χ3n) is 5.56. The second-order valence-electron chi connectivity index (χ2n) is 7.55. The summed E-state index contributed by atoms with van der Waals surface area (Å²) >= 11 is 1.58. The van der Waals surface area contributed by atoms with Crippen LogP contribution in [-0.2, 0) is 13.0 Å². The summed E-state index contributed by atoms with van der Waals surface area (Å²) < 4.78 is 1.75. The number of nitrogens with zero attached hydrogens (tertiary/aromatic N) is 4. The first-order chi connectivity index (χ1) is 14.2. The zero-order valence-corrected chi connectivity index (χ0v) is 17.2. The van der Waals surface area contributed by atoms with Crippen LogP contribution in [0.1, 0.15) is 46.3 Å². The summed E-state index contributed by atoms with van der Waals surface area (Å²) in [5.41, 5.74) is 1.71. The second kappa shape index (κ2) is 9.33. The molecule has 0 bridgehead atoms. The maximum Gasteiger partial charge on any atom is 0.276 e. The summed E-state index contributed by atoms with van der Waals surface area (Å²) in [6.07, 6.45) is 4.85. The molecule has 1 atom stereocenters. The summed E-state index contributed by atoms with van der Waals surface area (Å²) in [4.78, 5) is 15.6. The van der Waals surface area contributed by atoms with Gasteiger partial charge in [-0.15, -0.1) is 16.4 Å². The van der Waals surface area contributed by atoms with Crippen molar-refractivity contribution in [3.05, 3.63) is 70.2 Å². The molecule has 1 unspecified atom stereocenters. The van der Waals surface area contributed by atoms with E-state index in [9.17, 15) is 9.90 Å². The number of likely N-dealkylation sites (tertiary alicyclic amines) is 1. The molecule has 1 N–H and O–H groups in total. The first-order valence-corrected chi connectivity index (χ1v) is 11.0. The predicted molar refractivity (Wildman–Crippen MR) is 113 cm³/mol. The van der Waals surface area contributed by atoms with E-state index in [1.165, 1.54) is 5.56 Å². The van der Waals surface area contributed by atoms with E-state index in [1.54, 1.807) is 22.2 Å². The highest BCUT2D eigenvalue weighted by Gasteiger charge is 2.30. The molecular weight excluding hydrogens is 384 g/mol. The molecular formula is C22H26N4O2S. The number of piperidine rings is 1. The third kappa shape index (κ3) is 4.92. The van der Waals surface area contributed by atoms with Crippen molar-refractivity contribution in [3.8, 4) is 0 Å². The van der Waals surface area contributed by atoms with E-state index >= 15 is 0 Å². The number of hydrogen-bond acceptors (Lipinski definition) is 5. The van der Waals surface area contributed by atoms with Crippen molar-refractivity contribution in [2.24, 2.45) is 5.92 Å². The van der Waals surface area contributed by atoms with Crippen LogP contribution < -0.4 is 0 Å². The third-order valence-corrected chi connectivity index (χ3v) is 6.50. The van der Waals surface area contributed by atoms with Crippen LogP contribution in [0.15, 0.2) is 54.0 Å². The molecule has 6 nitrogen and oxygen atoms in total. The molecule has 1 amide bonds. The Labute approximate surface area is 174 Å². The van der Waals surface area contributed by atoms with Crippen LogP contribution in [0.3, 0.4) is 0 Å². The van der Waals surface area contributed by atoms with Crippen LogP contribution in [0.2, 0.25) is 0 Å². The fraction of sp³-hybridized carbons (Fsp3) is 0.409. The van der Waals surface area contributed by atoms with Crippen LogP contribution in [0, 0.1) is 5.92 Å². The highest BCUT2D eigenvalue weighted by Crippen LogP contribution is 2.33.